The van der Waals surface area contributed by atoms with Crippen LogP contribution in [0.2, 0.25) is 0 Å². The first-order valence-electron chi connectivity index (χ1n) is 11.6. The molecule has 0 radical (unpaired) electrons. The summed E-state index contributed by atoms with van der Waals surface area (Å²) >= 11 is 0. The van der Waals surface area contributed by atoms with Gasteiger partial charge in [0.1, 0.15) is 6.61 Å². The fraction of sp³-hybridized carbons (Fsp3) is 0.640. The fourth-order valence-corrected chi connectivity index (χ4v) is 2.67. The van der Waals surface area contributed by atoms with E-state index in [9.17, 15) is 14.4 Å². The van der Waals surface area contributed by atoms with Gasteiger partial charge in [-0.3, -0.25) is 9.59 Å². The largest absolute Gasteiger partial charge is 0.481 e. The first-order valence-corrected chi connectivity index (χ1v) is 11.6. The highest BCUT2D eigenvalue weighted by Gasteiger charge is 2.06. The molecule has 1 aromatic rings. The molecule has 0 aromatic heterocycles. The number of carboxylic acid groups (broad SMARTS) is 1. The van der Waals surface area contributed by atoms with Gasteiger partial charge in [0.25, 0.3) is 0 Å². The van der Waals surface area contributed by atoms with Gasteiger partial charge < -0.3 is 24.4 Å². The molecule has 1 aromatic carbocycles. The maximum Gasteiger partial charge on any atom is 0.338 e. The number of carbonyl (C=O) groups is 3. The first-order chi connectivity index (χ1) is 15.9. The average Bonchev–Trinajstić information content (AvgIpc) is 2.80. The predicted octanol–water partition coefficient (Wildman–Crippen LogP) is 4.24. The average molecular weight is 469 g/mol. The van der Waals surface area contributed by atoms with E-state index in [-0.39, 0.29) is 38.6 Å². The number of rotatable bonds is 17. The van der Waals surface area contributed by atoms with Gasteiger partial charge in [-0.1, -0.05) is 64.2 Å². The molecule has 8 nitrogen and oxygen atoms in total. The van der Waals surface area contributed by atoms with E-state index >= 15 is 0 Å². The lowest BCUT2D eigenvalue weighted by Gasteiger charge is -2.05. The van der Waals surface area contributed by atoms with Gasteiger partial charge in [-0.05, 0) is 24.5 Å². The zero-order valence-electron chi connectivity index (χ0n) is 20.0. The lowest BCUT2D eigenvalue weighted by Crippen LogP contribution is -2.12. The second kappa shape index (κ2) is 21.4. The number of carboxylic acids is 1. The smallest absolute Gasteiger partial charge is 0.338 e. The Kier molecular flexibility index (Phi) is 19.8. The van der Waals surface area contributed by atoms with Crippen LogP contribution in [0.25, 0.3) is 0 Å². The van der Waals surface area contributed by atoms with E-state index in [0.717, 1.165) is 18.8 Å². The van der Waals surface area contributed by atoms with Crippen LogP contribution in [-0.2, 0) is 23.8 Å². The lowest BCUT2D eigenvalue weighted by atomic mass is 10.0. The molecule has 0 atom stereocenters. The van der Waals surface area contributed by atoms with Gasteiger partial charge in [0, 0.05) is 0 Å². The van der Waals surface area contributed by atoms with Crippen molar-refractivity contribution in [2.75, 3.05) is 33.0 Å². The number of aliphatic hydroxyl groups excluding tert-OH is 1. The second-order valence-corrected chi connectivity index (χ2v) is 7.90. The highest BCUT2D eigenvalue weighted by Crippen LogP contribution is 2.10. The van der Waals surface area contributed by atoms with Crippen molar-refractivity contribution in [2.45, 2.75) is 65.2 Å². The van der Waals surface area contributed by atoms with Crippen molar-refractivity contribution in [2.24, 2.45) is 5.92 Å². The number of hydrogen-bond acceptors (Lipinski definition) is 7. The van der Waals surface area contributed by atoms with Crippen molar-refractivity contribution >= 4 is 17.9 Å². The number of unbranched alkanes of at least 4 members (excludes halogenated alkanes) is 4. The molecular weight excluding hydrogens is 428 g/mol. The molecule has 188 valence electrons. The summed E-state index contributed by atoms with van der Waals surface area (Å²) < 4.78 is 14.8. The molecule has 33 heavy (non-hydrogen) atoms. The number of aliphatic carboxylic acids is 1. The van der Waals surface area contributed by atoms with Crippen molar-refractivity contribution < 1.29 is 38.8 Å². The zero-order chi connectivity index (χ0) is 24.7. The second-order valence-electron chi connectivity index (χ2n) is 7.90. The number of aliphatic hydroxyl groups is 1. The number of ether oxygens (including phenoxy) is 3. The molecule has 8 heteroatoms. The van der Waals surface area contributed by atoms with Gasteiger partial charge in [0.05, 0.1) is 44.8 Å². The van der Waals surface area contributed by atoms with Crippen molar-refractivity contribution in [1.29, 1.82) is 0 Å². The normalized spacial score (nSPS) is 10.3. The van der Waals surface area contributed by atoms with E-state index in [1.54, 1.807) is 24.3 Å². The van der Waals surface area contributed by atoms with Crippen molar-refractivity contribution in [1.82, 2.24) is 0 Å². The van der Waals surface area contributed by atoms with Gasteiger partial charge in [-0.25, -0.2) is 4.79 Å². The first kappa shape index (κ1) is 30.6. The molecule has 0 fully saturated rings. The molecule has 0 aliphatic carbocycles. The number of esters is 2. The van der Waals surface area contributed by atoms with Crippen LogP contribution in [0.15, 0.2) is 30.3 Å². The predicted molar refractivity (Wildman–Crippen MR) is 125 cm³/mol. The highest BCUT2D eigenvalue weighted by molar-refractivity contribution is 5.89. The number of carbonyl (C=O) groups excluding carboxylic acids is 2. The summed E-state index contributed by atoms with van der Waals surface area (Å²) in [6.45, 7) is 5.64. The summed E-state index contributed by atoms with van der Waals surface area (Å²) in [6, 6.07) is 8.77. The summed E-state index contributed by atoms with van der Waals surface area (Å²) in [6.07, 6.45) is 6.76. The summed E-state index contributed by atoms with van der Waals surface area (Å²) in [5.74, 6) is -0.947. The van der Waals surface area contributed by atoms with E-state index in [1.165, 1.54) is 25.7 Å². The molecule has 0 spiro atoms. The maximum atomic E-state index is 11.4. The lowest BCUT2D eigenvalue weighted by molar-refractivity contribution is -0.147. The summed E-state index contributed by atoms with van der Waals surface area (Å²) in [7, 11) is 0. The van der Waals surface area contributed by atoms with Crippen LogP contribution in [0.3, 0.4) is 0 Å². The Hall–Kier alpha value is -2.45. The van der Waals surface area contributed by atoms with Gasteiger partial charge >= 0.3 is 17.9 Å². The third-order valence-corrected chi connectivity index (χ3v) is 4.44. The molecule has 0 aliphatic rings. The Morgan fingerprint density at radius 1 is 0.818 bits per heavy atom. The minimum absolute atomic E-state index is 0.0212. The van der Waals surface area contributed by atoms with E-state index in [2.05, 4.69) is 13.8 Å². The summed E-state index contributed by atoms with van der Waals surface area (Å²) in [5.41, 5.74) is 0.527. The van der Waals surface area contributed by atoms with Crippen molar-refractivity contribution in [3.8, 4) is 0 Å². The van der Waals surface area contributed by atoms with Gasteiger partial charge in [0.2, 0.25) is 0 Å². The summed E-state index contributed by atoms with van der Waals surface area (Å²) in [5, 5.41) is 16.8. The van der Waals surface area contributed by atoms with Crippen LogP contribution in [0.5, 0.6) is 0 Å². The van der Waals surface area contributed by atoms with Crippen LogP contribution < -0.4 is 0 Å². The molecule has 0 unspecified atom stereocenters. The van der Waals surface area contributed by atoms with Crippen LogP contribution in [0.4, 0.5) is 0 Å². The molecule has 0 aliphatic heterocycles. The van der Waals surface area contributed by atoms with Crippen LogP contribution >= 0.6 is 0 Å². The highest BCUT2D eigenvalue weighted by atomic mass is 16.6. The maximum absolute atomic E-state index is 11.4. The molecule has 0 saturated carbocycles. The van der Waals surface area contributed by atoms with E-state index in [4.69, 9.17) is 24.4 Å². The molecule has 2 N–H and O–H groups in total. The number of benzene rings is 1. The zero-order valence-corrected chi connectivity index (χ0v) is 20.0. The monoisotopic (exact) mass is 468 g/mol. The molecule has 0 amide bonds. The molecule has 0 bridgehead atoms. The Morgan fingerprint density at radius 2 is 1.48 bits per heavy atom. The Bertz CT molecular complexity index is 631. The SMILES string of the molecule is CC(C)CCCCCCCOC(=O)CCC(=O)O.O=C(OCCOCCO)c1ccccc1. The van der Waals surface area contributed by atoms with Gasteiger partial charge in [-0.2, -0.15) is 0 Å². The van der Waals surface area contributed by atoms with E-state index < -0.39 is 11.9 Å². The van der Waals surface area contributed by atoms with Gasteiger partial charge in [0.15, 0.2) is 0 Å². The quantitative estimate of drug-likeness (QED) is 0.257. The minimum Gasteiger partial charge on any atom is -0.481 e. The van der Waals surface area contributed by atoms with Gasteiger partial charge in [-0.15, -0.1) is 0 Å². The minimum atomic E-state index is -0.961. The third-order valence-electron chi connectivity index (χ3n) is 4.44. The standard InChI is InChI=1S/C14H26O4.C11H14O4/c1-12(2)8-6-4-3-5-7-11-18-14(17)10-9-13(15)16;12-6-7-14-8-9-15-11(13)10-4-2-1-3-5-10/h12H,3-11H2,1-2H3,(H,15,16);1-5,12H,6-9H2. The third kappa shape index (κ3) is 21.2. The van der Waals surface area contributed by atoms with Crippen LogP contribution in [0, 0.1) is 5.92 Å². The van der Waals surface area contributed by atoms with Crippen LogP contribution in [0.1, 0.15) is 75.6 Å². The van der Waals surface area contributed by atoms with E-state index in [1.807, 2.05) is 6.07 Å². The van der Waals surface area contributed by atoms with Crippen molar-refractivity contribution in [3.63, 3.8) is 0 Å². The fourth-order valence-electron chi connectivity index (χ4n) is 2.67. The van der Waals surface area contributed by atoms with Crippen LogP contribution in [-0.4, -0.2) is 61.2 Å². The Balaban J connectivity index is 0.000000629. The molecule has 1 rings (SSSR count). The Morgan fingerprint density at radius 3 is 2.12 bits per heavy atom. The Labute approximate surface area is 197 Å². The summed E-state index contributed by atoms with van der Waals surface area (Å²) in [4.78, 5) is 32.6. The van der Waals surface area contributed by atoms with E-state index in [0.29, 0.717) is 18.8 Å². The van der Waals surface area contributed by atoms with Crippen molar-refractivity contribution in [3.05, 3.63) is 35.9 Å². The number of hydrogen-bond donors (Lipinski definition) is 2. The molecule has 0 heterocycles. The molecular formula is C25H40O8. The topological polar surface area (TPSA) is 119 Å². The molecule has 0 saturated heterocycles.